The average molecular weight is 426 g/mol. The fourth-order valence-corrected chi connectivity index (χ4v) is 3.68. The molecule has 1 aromatic heterocycles. The van der Waals surface area contributed by atoms with Crippen LogP contribution in [0.2, 0.25) is 0 Å². The van der Waals surface area contributed by atoms with Crippen LogP contribution in [0.3, 0.4) is 0 Å². The van der Waals surface area contributed by atoms with Gasteiger partial charge in [-0.3, -0.25) is 4.99 Å². The van der Waals surface area contributed by atoms with Crippen molar-refractivity contribution < 1.29 is 9.47 Å². The summed E-state index contributed by atoms with van der Waals surface area (Å²) < 4.78 is 10.9. The topological polar surface area (TPSA) is 71.0 Å². The standard InChI is InChI=1S/C24H35N5O2/c1-18(21-5-7-22(30-4)8-6-21)9-11-27-24(25-3)28-16-20-10-12-26-23(15-20)29-13-14-31-19(2)17-29/h5-8,10,12,15,18-19H,9,11,13-14,16-17H2,1-4H3,(H2,25,27,28). The first kappa shape index (κ1) is 22.9. The molecule has 2 aromatic rings. The fourth-order valence-electron chi connectivity index (χ4n) is 3.68. The van der Waals surface area contributed by atoms with Crippen molar-refractivity contribution >= 4 is 11.8 Å². The molecule has 31 heavy (non-hydrogen) atoms. The summed E-state index contributed by atoms with van der Waals surface area (Å²) >= 11 is 0. The maximum atomic E-state index is 5.63. The molecule has 0 radical (unpaired) electrons. The maximum absolute atomic E-state index is 5.63. The number of nitrogens with one attached hydrogen (secondary N) is 2. The molecule has 2 heterocycles. The van der Waals surface area contributed by atoms with E-state index >= 15 is 0 Å². The van der Waals surface area contributed by atoms with E-state index in [1.807, 2.05) is 24.4 Å². The summed E-state index contributed by atoms with van der Waals surface area (Å²) in [5.41, 5.74) is 2.49. The van der Waals surface area contributed by atoms with Crippen LogP contribution >= 0.6 is 0 Å². The molecule has 2 unspecified atom stereocenters. The van der Waals surface area contributed by atoms with Crippen LogP contribution in [0, 0.1) is 0 Å². The van der Waals surface area contributed by atoms with Gasteiger partial charge in [0.1, 0.15) is 11.6 Å². The number of hydrogen-bond acceptors (Lipinski definition) is 5. The molecule has 7 nitrogen and oxygen atoms in total. The van der Waals surface area contributed by atoms with Gasteiger partial charge in [0.15, 0.2) is 5.96 Å². The van der Waals surface area contributed by atoms with Crippen LogP contribution in [0.25, 0.3) is 0 Å². The Balaban J connectivity index is 1.45. The van der Waals surface area contributed by atoms with E-state index in [1.165, 1.54) is 11.1 Å². The SMILES string of the molecule is CN=C(NCCC(C)c1ccc(OC)cc1)NCc1ccnc(N2CCOC(C)C2)c1. The zero-order valence-corrected chi connectivity index (χ0v) is 19.1. The monoisotopic (exact) mass is 425 g/mol. The van der Waals surface area contributed by atoms with Gasteiger partial charge in [0, 0.05) is 39.4 Å². The second kappa shape index (κ2) is 11.6. The number of benzene rings is 1. The number of methoxy groups -OCH3 is 1. The lowest BCUT2D eigenvalue weighted by molar-refractivity contribution is 0.0529. The van der Waals surface area contributed by atoms with Gasteiger partial charge in [-0.05, 0) is 54.7 Å². The van der Waals surface area contributed by atoms with E-state index in [4.69, 9.17) is 9.47 Å². The van der Waals surface area contributed by atoms with E-state index in [2.05, 4.69) is 57.6 Å². The molecule has 0 spiro atoms. The third-order valence-corrected chi connectivity index (χ3v) is 5.61. The number of aromatic nitrogens is 1. The molecule has 1 aliphatic heterocycles. The molecule has 0 amide bonds. The number of morpholine rings is 1. The number of ether oxygens (including phenoxy) is 2. The zero-order valence-electron chi connectivity index (χ0n) is 19.1. The predicted octanol–water partition coefficient (Wildman–Crippen LogP) is 3.17. The highest BCUT2D eigenvalue weighted by Crippen LogP contribution is 2.21. The van der Waals surface area contributed by atoms with E-state index < -0.39 is 0 Å². The van der Waals surface area contributed by atoms with Gasteiger partial charge >= 0.3 is 0 Å². The summed E-state index contributed by atoms with van der Waals surface area (Å²) in [5, 5.41) is 6.82. The lowest BCUT2D eigenvalue weighted by atomic mass is 9.98. The molecule has 1 fully saturated rings. The van der Waals surface area contributed by atoms with Gasteiger partial charge in [-0.2, -0.15) is 0 Å². The van der Waals surface area contributed by atoms with Gasteiger partial charge in [0.2, 0.25) is 0 Å². The molecule has 3 rings (SSSR count). The summed E-state index contributed by atoms with van der Waals surface area (Å²) in [6.07, 6.45) is 3.13. The van der Waals surface area contributed by atoms with Gasteiger partial charge < -0.3 is 25.0 Å². The number of rotatable bonds is 8. The van der Waals surface area contributed by atoms with Gasteiger partial charge in [0.25, 0.3) is 0 Å². The number of nitrogens with zero attached hydrogens (tertiary/aromatic N) is 3. The van der Waals surface area contributed by atoms with Gasteiger partial charge in [-0.25, -0.2) is 4.98 Å². The van der Waals surface area contributed by atoms with Gasteiger partial charge in [-0.1, -0.05) is 19.1 Å². The van der Waals surface area contributed by atoms with Crippen LogP contribution in [0.4, 0.5) is 5.82 Å². The van der Waals surface area contributed by atoms with E-state index in [9.17, 15) is 0 Å². The largest absolute Gasteiger partial charge is 0.497 e. The summed E-state index contributed by atoms with van der Waals surface area (Å²) in [5.74, 6) is 3.15. The molecule has 7 heteroatoms. The summed E-state index contributed by atoms with van der Waals surface area (Å²) in [7, 11) is 3.49. The predicted molar refractivity (Wildman–Crippen MR) is 126 cm³/mol. The van der Waals surface area contributed by atoms with E-state index in [1.54, 1.807) is 14.2 Å². The summed E-state index contributed by atoms with van der Waals surface area (Å²) in [6, 6.07) is 12.5. The summed E-state index contributed by atoms with van der Waals surface area (Å²) in [4.78, 5) is 11.2. The highest BCUT2D eigenvalue weighted by molar-refractivity contribution is 5.79. The minimum absolute atomic E-state index is 0.237. The van der Waals surface area contributed by atoms with Crippen LogP contribution in [0.5, 0.6) is 5.75 Å². The van der Waals surface area contributed by atoms with Crippen molar-refractivity contribution in [2.24, 2.45) is 4.99 Å². The maximum Gasteiger partial charge on any atom is 0.191 e. The Hall–Kier alpha value is -2.80. The molecule has 2 atom stereocenters. The molecule has 1 aromatic carbocycles. The molecule has 0 bridgehead atoms. The lowest BCUT2D eigenvalue weighted by Gasteiger charge is -2.32. The fraction of sp³-hybridized carbons (Fsp3) is 0.500. The van der Waals surface area contributed by atoms with Crippen LogP contribution in [0.1, 0.15) is 37.3 Å². The smallest absolute Gasteiger partial charge is 0.191 e. The first-order chi connectivity index (χ1) is 15.1. The number of anilines is 1. The van der Waals surface area contributed by atoms with Crippen LogP contribution in [-0.2, 0) is 11.3 Å². The van der Waals surface area contributed by atoms with Gasteiger partial charge in [-0.15, -0.1) is 0 Å². The normalized spacial score (nSPS) is 17.9. The molecular formula is C24H35N5O2. The van der Waals surface area contributed by atoms with Gasteiger partial charge in [0.05, 0.1) is 19.8 Å². The zero-order chi connectivity index (χ0) is 22.1. The van der Waals surface area contributed by atoms with E-state index in [-0.39, 0.29) is 6.10 Å². The molecule has 168 valence electrons. The van der Waals surface area contributed by atoms with Crippen LogP contribution in [0.15, 0.2) is 47.6 Å². The molecule has 1 saturated heterocycles. The van der Waals surface area contributed by atoms with Crippen LogP contribution < -0.4 is 20.3 Å². The minimum Gasteiger partial charge on any atom is -0.497 e. The van der Waals surface area contributed by atoms with Crippen molar-refractivity contribution in [3.05, 3.63) is 53.7 Å². The second-order valence-corrected chi connectivity index (χ2v) is 7.97. The Bertz CT molecular complexity index is 840. The number of pyridine rings is 1. The number of hydrogen-bond donors (Lipinski definition) is 2. The van der Waals surface area contributed by atoms with Crippen molar-refractivity contribution in [3.63, 3.8) is 0 Å². The average Bonchev–Trinajstić information content (AvgIpc) is 2.81. The van der Waals surface area contributed by atoms with E-state index in [0.717, 1.165) is 50.2 Å². The Labute approximate surface area is 185 Å². The Morgan fingerprint density at radius 3 is 2.81 bits per heavy atom. The Morgan fingerprint density at radius 2 is 2.10 bits per heavy atom. The Morgan fingerprint density at radius 1 is 1.29 bits per heavy atom. The third kappa shape index (κ3) is 6.85. The number of aliphatic imine (C=N–C) groups is 1. The van der Waals surface area contributed by atoms with Crippen molar-refractivity contribution in [1.29, 1.82) is 0 Å². The van der Waals surface area contributed by atoms with Crippen molar-refractivity contribution in [2.75, 3.05) is 45.3 Å². The highest BCUT2D eigenvalue weighted by Gasteiger charge is 2.18. The van der Waals surface area contributed by atoms with E-state index in [0.29, 0.717) is 12.5 Å². The molecule has 0 aliphatic carbocycles. The number of guanidine groups is 1. The summed E-state index contributed by atoms with van der Waals surface area (Å²) in [6.45, 7) is 8.39. The van der Waals surface area contributed by atoms with Crippen molar-refractivity contribution in [1.82, 2.24) is 15.6 Å². The first-order valence-corrected chi connectivity index (χ1v) is 11.0. The second-order valence-electron chi connectivity index (χ2n) is 7.97. The molecule has 2 N–H and O–H groups in total. The van der Waals surface area contributed by atoms with Crippen molar-refractivity contribution in [3.8, 4) is 5.75 Å². The first-order valence-electron chi connectivity index (χ1n) is 11.0. The third-order valence-electron chi connectivity index (χ3n) is 5.61. The lowest BCUT2D eigenvalue weighted by Crippen LogP contribution is -2.41. The quantitative estimate of drug-likeness (QED) is 0.500. The molecule has 0 saturated carbocycles. The highest BCUT2D eigenvalue weighted by atomic mass is 16.5. The van der Waals surface area contributed by atoms with Crippen LogP contribution in [-0.4, -0.2) is 57.4 Å². The minimum atomic E-state index is 0.237. The van der Waals surface area contributed by atoms with Crippen molar-refractivity contribution in [2.45, 2.75) is 38.8 Å². The Kier molecular flexibility index (Phi) is 8.53. The molecular weight excluding hydrogens is 390 g/mol. The molecule has 1 aliphatic rings.